The van der Waals surface area contributed by atoms with Crippen LogP contribution in [0.5, 0.6) is 0 Å². The Morgan fingerprint density at radius 3 is 1.62 bits per heavy atom. The lowest BCUT2D eigenvalue weighted by molar-refractivity contribution is -0.296. The van der Waals surface area contributed by atoms with Crippen LogP contribution in [0, 0.1) is 0 Å². The van der Waals surface area contributed by atoms with Gasteiger partial charge in [0.25, 0.3) is 0 Å². The van der Waals surface area contributed by atoms with Crippen molar-refractivity contribution in [2.45, 2.75) is 180 Å². The largest absolute Gasteiger partial charge is 0.385 e. The van der Waals surface area contributed by atoms with Crippen molar-refractivity contribution in [2.24, 2.45) is 0 Å². The van der Waals surface area contributed by atoms with Crippen LogP contribution in [-0.2, 0) is 23.7 Å². The van der Waals surface area contributed by atoms with Gasteiger partial charge < -0.3 is 15.6 Å². The first-order valence-corrected chi connectivity index (χ1v) is 28.4. The average Bonchev–Trinajstić information content (AvgIpc) is 3.22. The van der Waals surface area contributed by atoms with E-state index in [9.17, 15) is 9.90 Å². The summed E-state index contributed by atoms with van der Waals surface area (Å²) in [7, 11) is -7.77. The molecular formula is C33H69N3O7Si4. The molecule has 274 valence electrons. The zero-order chi connectivity index (χ0) is 36.2. The number of rotatable bonds is 18. The highest BCUT2D eigenvalue weighted by Crippen LogP contribution is 2.46. The lowest BCUT2D eigenvalue weighted by Gasteiger charge is -2.46. The lowest BCUT2D eigenvalue weighted by Crippen LogP contribution is -2.62. The van der Waals surface area contributed by atoms with Gasteiger partial charge in [-0.25, -0.2) is 14.6 Å². The van der Waals surface area contributed by atoms with Gasteiger partial charge in [0.05, 0.1) is 16.6 Å². The van der Waals surface area contributed by atoms with Crippen molar-refractivity contribution in [3.8, 4) is 0 Å². The molecule has 1 fully saturated rings. The molecule has 47 heavy (non-hydrogen) atoms. The number of aliphatic hydroxyl groups excluding tert-OH is 1. The molecule has 0 aliphatic carbocycles. The molecule has 4 atom stereocenters. The maximum Gasteiger partial charge on any atom is 0.351 e. The minimum absolute atomic E-state index is 0.0252. The standard InChI is InChI=1S/C33H69N3O7Si4/c1-20(2)44(21(3)4)46(24(9)10,25(11)12)42-39-19-28-31(30(37)32(40-28)36-18-17-29(34)35-33(36)38)41-43-47(26(13)14,27(15)16)45(22(5)6)23(7)8/h17-18,20-28,30-32,37,44-45H,19H2,1-16H3,(H2,34,35,38)/t28-,30+,31-,32?/m1/s1. The number of hydrogen-bond acceptors (Lipinski definition) is 9. The number of nitrogen functional groups attached to an aromatic ring is 1. The number of aromatic nitrogens is 2. The van der Waals surface area contributed by atoms with Gasteiger partial charge >= 0.3 is 5.69 Å². The molecule has 1 aliphatic heterocycles. The minimum atomic E-state index is -2.49. The quantitative estimate of drug-likeness (QED) is 0.0921. The minimum Gasteiger partial charge on any atom is -0.385 e. The molecule has 1 saturated heterocycles. The van der Waals surface area contributed by atoms with Gasteiger partial charge in [0.2, 0.25) is 15.7 Å². The van der Waals surface area contributed by atoms with E-state index < -0.39 is 62.5 Å². The molecule has 0 spiro atoms. The Bertz CT molecular complexity index is 1130. The van der Waals surface area contributed by atoms with Crippen LogP contribution < -0.4 is 11.4 Å². The van der Waals surface area contributed by atoms with Crippen LogP contribution in [0.25, 0.3) is 0 Å². The molecule has 0 saturated carbocycles. The second kappa shape index (κ2) is 17.5. The summed E-state index contributed by atoms with van der Waals surface area (Å²) in [5.41, 5.74) is 8.64. The highest BCUT2D eigenvalue weighted by atomic mass is 29.2. The van der Waals surface area contributed by atoms with Gasteiger partial charge in [0, 0.05) is 6.20 Å². The summed E-state index contributed by atoms with van der Waals surface area (Å²) in [6.45, 7) is 36.7. The summed E-state index contributed by atoms with van der Waals surface area (Å²) < 4.78 is 21.2. The van der Waals surface area contributed by atoms with Crippen molar-refractivity contribution >= 4 is 38.1 Å². The average molecular weight is 732 g/mol. The van der Waals surface area contributed by atoms with Crippen LogP contribution in [0.2, 0.25) is 44.3 Å². The van der Waals surface area contributed by atoms with Crippen molar-refractivity contribution in [3.63, 3.8) is 0 Å². The van der Waals surface area contributed by atoms with Gasteiger partial charge in [0.15, 0.2) is 12.3 Å². The van der Waals surface area contributed by atoms with Gasteiger partial charge in [-0.05, 0) is 28.2 Å². The Kier molecular flexibility index (Phi) is 15.8. The predicted molar refractivity (Wildman–Crippen MR) is 202 cm³/mol. The fraction of sp³-hybridized carbons (Fsp3) is 0.879. The van der Waals surface area contributed by atoms with Crippen molar-refractivity contribution in [1.29, 1.82) is 0 Å². The van der Waals surface area contributed by atoms with Gasteiger partial charge in [0.1, 0.15) is 24.6 Å². The van der Waals surface area contributed by atoms with E-state index in [-0.39, 0.29) is 12.4 Å². The molecule has 1 unspecified atom stereocenters. The van der Waals surface area contributed by atoms with Crippen LogP contribution in [0.1, 0.15) is 117 Å². The normalized spacial score (nSPS) is 21.6. The Hall–Kier alpha value is -0.692. The molecule has 1 aromatic heterocycles. The highest BCUT2D eigenvalue weighted by Gasteiger charge is 2.57. The first-order valence-electron chi connectivity index (χ1n) is 18.0. The van der Waals surface area contributed by atoms with Crippen LogP contribution in [0.4, 0.5) is 5.82 Å². The van der Waals surface area contributed by atoms with E-state index in [1.165, 1.54) is 16.8 Å². The number of nitrogens with zero attached hydrogens (tertiary/aromatic N) is 2. The van der Waals surface area contributed by atoms with Crippen LogP contribution in [-0.4, -0.2) is 71.9 Å². The van der Waals surface area contributed by atoms with Gasteiger partial charge in [-0.3, -0.25) is 13.7 Å². The van der Waals surface area contributed by atoms with Gasteiger partial charge in [-0.1, -0.05) is 133 Å². The van der Waals surface area contributed by atoms with Crippen molar-refractivity contribution in [3.05, 3.63) is 22.7 Å². The van der Waals surface area contributed by atoms with E-state index in [2.05, 4.69) is 116 Å². The summed E-state index contributed by atoms with van der Waals surface area (Å²) in [5.74, 6) is 0.101. The SMILES string of the molecule is CC(C)[SiH](C(C)C)[Si](OOC[C@H]1OC(n2ccc(N)nc2=O)[C@@H](O)[C@@H]1OO[Si](C(C)C)(C(C)C)[SiH](C(C)C)C(C)C)(C(C)C)C(C)C. The monoisotopic (exact) mass is 731 g/mol. The van der Waals surface area contributed by atoms with Crippen LogP contribution >= 0.6 is 0 Å². The fourth-order valence-electron chi connectivity index (χ4n) is 9.16. The molecule has 14 heteroatoms. The third kappa shape index (κ3) is 8.97. The zero-order valence-electron chi connectivity index (χ0n) is 32.3. The number of anilines is 1. The maximum absolute atomic E-state index is 12.9. The molecule has 3 N–H and O–H groups in total. The second-order valence-electron chi connectivity index (χ2n) is 16.5. The molecule has 0 radical (unpaired) electrons. The van der Waals surface area contributed by atoms with Crippen LogP contribution in [0.3, 0.4) is 0 Å². The molecule has 10 nitrogen and oxygen atoms in total. The Morgan fingerprint density at radius 1 is 0.809 bits per heavy atom. The lowest BCUT2D eigenvalue weighted by atomic mass is 10.1. The number of hydrogen-bond donors (Lipinski definition) is 2. The zero-order valence-corrected chi connectivity index (χ0v) is 36.6. The Morgan fingerprint density at radius 2 is 1.23 bits per heavy atom. The van der Waals surface area contributed by atoms with Gasteiger partial charge in [-0.15, -0.1) is 0 Å². The first-order chi connectivity index (χ1) is 21.7. The Balaban J connectivity index is 2.54. The highest BCUT2D eigenvalue weighted by molar-refractivity contribution is 7.32. The molecule has 2 rings (SSSR count). The smallest absolute Gasteiger partial charge is 0.351 e. The van der Waals surface area contributed by atoms with Crippen LogP contribution in [0.15, 0.2) is 17.1 Å². The number of ether oxygens (including phenoxy) is 1. The fourth-order valence-corrected chi connectivity index (χ4v) is 46.5. The third-order valence-electron chi connectivity index (χ3n) is 10.7. The van der Waals surface area contributed by atoms with Gasteiger partial charge in [-0.2, -0.15) is 4.98 Å². The third-order valence-corrected chi connectivity index (χ3v) is 49.4. The Labute approximate surface area is 290 Å². The van der Waals surface area contributed by atoms with E-state index >= 15 is 0 Å². The molecule has 0 amide bonds. The topological polar surface area (TPSA) is 127 Å². The van der Waals surface area contributed by atoms with E-state index in [1.54, 1.807) is 0 Å². The first kappa shape index (κ1) is 42.5. The van der Waals surface area contributed by atoms with E-state index in [0.29, 0.717) is 44.3 Å². The summed E-state index contributed by atoms with van der Waals surface area (Å²) in [6, 6.07) is 1.52. The van der Waals surface area contributed by atoms with Crippen molar-refractivity contribution in [2.75, 3.05) is 12.3 Å². The van der Waals surface area contributed by atoms with E-state index in [1.807, 2.05) is 0 Å². The molecular weight excluding hydrogens is 663 g/mol. The maximum atomic E-state index is 12.9. The summed E-state index contributed by atoms with van der Waals surface area (Å²) in [4.78, 5) is 29.5. The second-order valence-corrected chi connectivity index (χ2v) is 41.7. The van der Waals surface area contributed by atoms with E-state index in [4.69, 9.17) is 29.4 Å². The molecule has 0 bridgehead atoms. The summed E-state index contributed by atoms with van der Waals surface area (Å²) >= 11 is 0. The molecule has 1 aromatic rings. The van der Waals surface area contributed by atoms with Crippen molar-refractivity contribution < 1.29 is 28.8 Å². The summed E-state index contributed by atoms with van der Waals surface area (Å²) in [5, 5.41) is 11.8. The number of nitrogens with two attached hydrogens (primary N) is 1. The molecule has 1 aliphatic rings. The molecule has 2 heterocycles. The predicted octanol–water partition coefficient (Wildman–Crippen LogP) is 7.13. The van der Waals surface area contributed by atoms with E-state index in [0.717, 1.165) is 0 Å². The number of aliphatic hydroxyl groups is 1. The summed E-state index contributed by atoms with van der Waals surface area (Å²) in [6.07, 6.45) is -2.45. The molecule has 0 aromatic carbocycles. The van der Waals surface area contributed by atoms with Crippen molar-refractivity contribution in [1.82, 2.24) is 9.55 Å².